The molecular formula is C22H35NO5S. The summed E-state index contributed by atoms with van der Waals surface area (Å²) in [6.45, 7) is 7.26. The van der Waals surface area contributed by atoms with Gasteiger partial charge in [0, 0.05) is 0 Å². The SMILES string of the molecule is Cc1ccc(S(=O)(=O)ON(CCCCC2CCCCC2)C(=O)OC(C)(C)C)cc1. The van der Waals surface area contributed by atoms with Gasteiger partial charge in [-0.05, 0) is 52.2 Å². The van der Waals surface area contributed by atoms with Crippen LogP contribution in [0.25, 0.3) is 0 Å². The maximum absolute atomic E-state index is 12.6. The lowest BCUT2D eigenvalue weighted by atomic mass is 9.86. The standard InChI is InChI=1S/C22H35NO5S/c1-18-13-15-20(16-14-18)29(25,26)28-23(21(24)27-22(2,3)4)17-9-8-12-19-10-6-5-7-11-19/h13-16,19H,5-12,17H2,1-4H3. The fraction of sp³-hybridized carbons (Fsp3) is 0.682. The normalized spacial score (nSPS) is 15.9. The molecule has 0 radical (unpaired) electrons. The maximum atomic E-state index is 12.6. The van der Waals surface area contributed by atoms with Gasteiger partial charge in [-0.3, -0.25) is 0 Å². The predicted molar refractivity (Wildman–Crippen MR) is 113 cm³/mol. The van der Waals surface area contributed by atoms with Gasteiger partial charge in [-0.15, -0.1) is 4.28 Å². The molecule has 0 heterocycles. The van der Waals surface area contributed by atoms with Crippen molar-refractivity contribution in [2.75, 3.05) is 6.54 Å². The summed E-state index contributed by atoms with van der Waals surface area (Å²) >= 11 is 0. The monoisotopic (exact) mass is 425 g/mol. The Kier molecular flexibility index (Phi) is 8.52. The fourth-order valence-corrected chi connectivity index (χ4v) is 4.43. The number of carbonyl (C=O) groups excluding carboxylic acids is 1. The summed E-state index contributed by atoms with van der Waals surface area (Å²) in [5.41, 5.74) is 0.199. The van der Waals surface area contributed by atoms with Crippen LogP contribution in [0.1, 0.15) is 77.7 Å². The zero-order valence-electron chi connectivity index (χ0n) is 18.1. The molecule has 0 atom stereocenters. The molecule has 0 bridgehead atoms. The van der Waals surface area contributed by atoms with E-state index in [1.54, 1.807) is 32.9 Å². The molecule has 7 heteroatoms. The Bertz CT molecular complexity index is 746. The number of benzene rings is 1. The zero-order valence-corrected chi connectivity index (χ0v) is 19.0. The number of nitrogens with zero attached hydrogens (tertiary/aromatic N) is 1. The number of hydrogen-bond acceptors (Lipinski definition) is 5. The smallest absolute Gasteiger partial charge is 0.435 e. The summed E-state index contributed by atoms with van der Waals surface area (Å²) in [6.07, 6.45) is 8.38. The number of ether oxygens (including phenoxy) is 1. The Morgan fingerprint density at radius 3 is 2.28 bits per heavy atom. The first-order chi connectivity index (χ1) is 13.6. The van der Waals surface area contributed by atoms with Crippen molar-refractivity contribution in [2.24, 2.45) is 5.92 Å². The lowest BCUT2D eigenvalue weighted by molar-refractivity contribution is -0.0692. The number of unbranched alkanes of at least 4 members (excludes halogenated alkanes) is 1. The number of aryl methyl sites for hydroxylation is 1. The third-order valence-electron chi connectivity index (χ3n) is 5.04. The second-order valence-corrected chi connectivity index (χ2v) is 10.5. The molecule has 1 amide bonds. The van der Waals surface area contributed by atoms with E-state index < -0.39 is 21.8 Å². The van der Waals surface area contributed by atoms with Crippen LogP contribution in [0.3, 0.4) is 0 Å². The summed E-state index contributed by atoms with van der Waals surface area (Å²) in [6, 6.07) is 6.33. The molecule has 2 rings (SSSR count). The van der Waals surface area contributed by atoms with E-state index in [4.69, 9.17) is 9.02 Å². The molecule has 1 aliphatic rings. The minimum absolute atomic E-state index is 0.0128. The molecule has 0 unspecified atom stereocenters. The van der Waals surface area contributed by atoms with Crippen molar-refractivity contribution in [3.63, 3.8) is 0 Å². The van der Waals surface area contributed by atoms with Crippen LogP contribution in [0.5, 0.6) is 0 Å². The summed E-state index contributed by atoms with van der Waals surface area (Å²) in [5.74, 6) is 0.746. The van der Waals surface area contributed by atoms with Gasteiger partial charge in [-0.1, -0.05) is 62.6 Å². The first-order valence-corrected chi connectivity index (χ1v) is 12.0. The zero-order chi connectivity index (χ0) is 21.5. The molecule has 29 heavy (non-hydrogen) atoms. The molecule has 0 aliphatic heterocycles. The van der Waals surface area contributed by atoms with Gasteiger partial charge in [-0.2, -0.15) is 13.5 Å². The van der Waals surface area contributed by atoms with E-state index in [9.17, 15) is 13.2 Å². The largest absolute Gasteiger partial charge is 0.442 e. The van der Waals surface area contributed by atoms with E-state index in [1.165, 1.54) is 44.2 Å². The van der Waals surface area contributed by atoms with Gasteiger partial charge in [0.25, 0.3) is 0 Å². The number of rotatable bonds is 8. The third-order valence-corrected chi connectivity index (χ3v) is 6.27. The number of carbonyl (C=O) groups is 1. The van der Waals surface area contributed by atoms with Crippen molar-refractivity contribution in [3.05, 3.63) is 29.8 Å². The van der Waals surface area contributed by atoms with Crippen molar-refractivity contribution in [1.82, 2.24) is 5.06 Å². The highest BCUT2D eigenvalue weighted by Gasteiger charge is 2.28. The highest BCUT2D eigenvalue weighted by Crippen LogP contribution is 2.28. The van der Waals surface area contributed by atoms with Gasteiger partial charge in [0.1, 0.15) is 5.60 Å². The highest BCUT2D eigenvalue weighted by molar-refractivity contribution is 7.86. The van der Waals surface area contributed by atoms with Crippen LogP contribution in [-0.4, -0.2) is 31.7 Å². The van der Waals surface area contributed by atoms with Crippen LogP contribution in [0.2, 0.25) is 0 Å². The molecule has 1 fully saturated rings. The molecule has 1 aromatic rings. The van der Waals surface area contributed by atoms with Gasteiger partial charge in [0.2, 0.25) is 0 Å². The molecule has 0 aromatic heterocycles. The van der Waals surface area contributed by atoms with Crippen LogP contribution in [0.15, 0.2) is 29.2 Å². The van der Waals surface area contributed by atoms with Crippen LogP contribution in [-0.2, 0) is 19.1 Å². The maximum Gasteiger partial charge on any atom is 0.435 e. The second kappa shape index (κ2) is 10.4. The Labute approximate surface area is 175 Å². The average Bonchev–Trinajstić information content (AvgIpc) is 2.64. The van der Waals surface area contributed by atoms with Crippen molar-refractivity contribution < 1.29 is 22.2 Å². The molecule has 6 nitrogen and oxygen atoms in total. The van der Waals surface area contributed by atoms with Crippen molar-refractivity contribution in [2.45, 2.75) is 89.6 Å². The average molecular weight is 426 g/mol. The van der Waals surface area contributed by atoms with Crippen LogP contribution >= 0.6 is 0 Å². The molecule has 0 saturated heterocycles. The highest BCUT2D eigenvalue weighted by atomic mass is 32.2. The topological polar surface area (TPSA) is 72.9 Å². The lowest BCUT2D eigenvalue weighted by Gasteiger charge is -2.26. The first-order valence-electron chi connectivity index (χ1n) is 10.6. The van der Waals surface area contributed by atoms with Crippen molar-refractivity contribution in [1.29, 1.82) is 0 Å². The molecule has 164 valence electrons. The van der Waals surface area contributed by atoms with E-state index in [0.717, 1.165) is 29.4 Å². The van der Waals surface area contributed by atoms with Crippen LogP contribution < -0.4 is 0 Å². The van der Waals surface area contributed by atoms with Gasteiger partial charge in [0.05, 0.1) is 11.4 Å². The van der Waals surface area contributed by atoms with Gasteiger partial charge in [0.15, 0.2) is 0 Å². The second-order valence-electron chi connectivity index (χ2n) is 8.92. The number of hydrogen-bond donors (Lipinski definition) is 0. The van der Waals surface area contributed by atoms with E-state index in [0.29, 0.717) is 6.42 Å². The van der Waals surface area contributed by atoms with Crippen LogP contribution in [0, 0.1) is 12.8 Å². The summed E-state index contributed by atoms with van der Waals surface area (Å²) < 4.78 is 35.8. The van der Waals surface area contributed by atoms with E-state index in [2.05, 4.69) is 0 Å². The molecular weight excluding hydrogens is 390 g/mol. The molecule has 1 saturated carbocycles. The molecule has 1 aliphatic carbocycles. The summed E-state index contributed by atoms with van der Waals surface area (Å²) in [5, 5.41) is 0.849. The third kappa shape index (κ3) is 8.34. The number of hydroxylamine groups is 2. The van der Waals surface area contributed by atoms with Gasteiger partial charge < -0.3 is 4.74 Å². The van der Waals surface area contributed by atoms with Gasteiger partial charge >= 0.3 is 16.2 Å². The fourth-order valence-electron chi connectivity index (χ4n) is 3.50. The summed E-state index contributed by atoms with van der Waals surface area (Å²) in [4.78, 5) is 12.5. The Morgan fingerprint density at radius 1 is 1.07 bits per heavy atom. The Morgan fingerprint density at radius 2 is 1.69 bits per heavy atom. The van der Waals surface area contributed by atoms with Crippen LogP contribution in [0.4, 0.5) is 4.79 Å². The van der Waals surface area contributed by atoms with E-state index in [1.807, 2.05) is 6.92 Å². The Balaban J connectivity index is 1.99. The molecule has 0 N–H and O–H groups in total. The van der Waals surface area contributed by atoms with Crippen molar-refractivity contribution >= 4 is 16.2 Å². The van der Waals surface area contributed by atoms with E-state index in [-0.39, 0.29) is 11.4 Å². The molecule has 0 spiro atoms. The van der Waals surface area contributed by atoms with Gasteiger partial charge in [-0.25, -0.2) is 4.79 Å². The number of amides is 1. The lowest BCUT2D eigenvalue weighted by Crippen LogP contribution is -2.39. The molecule has 1 aromatic carbocycles. The summed E-state index contributed by atoms with van der Waals surface area (Å²) in [7, 11) is -4.11. The minimum atomic E-state index is -4.11. The predicted octanol–water partition coefficient (Wildman–Crippen LogP) is 5.60. The first kappa shape index (κ1) is 23.7. The Hall–Kier alpha value is -1.60. The van der Waals surface area contributed by atoms with Crippen molar-refractivity contribution in [3.8, 4) is 0 Å². The van der Waals surface area contributed by atoms with E-state index >= 15 is 0 Å². The minimum Gasteiger partial charge on any atom is -0.442 e. The quantitative estimate of drug-likeness (QED) is 0.400.